The van der Waals surface area contributed by atoms with Gasteiger partial charge in [-0.1, -0.05) is 35.9 Å². The molecule has 0 fully saturated rings. The first-order valence-corrected chi connectivity index (χ1v) is 8.37. The Morgan fingerprint density at radius 3 is 2.40 bits per heavy atom. The lowest BCUT2D eigenvalue weighted by molar-refractivity contribution is 0.0784. The summed E-state index contributed by atoms with van der Waals surface area (Å²) in [5.74, 6) is 0.898. The first-order chi connectivity index (χ1) is 12.0. The van der Waals surface area contributed by atoms with Gasteiger partial charge >= 0.3 is 0 Å². The molecule has 128 valence electrons. The molecule has 3 heteroatoms. The van der Waals surface area contributed by atoms with E-state index in [2.05, 4.69) is 18.2 Å². The minimum Gasteiger partial charge on any atom is -0.497 e. The van der Waals surface area contributed by atoms with Gasteiger partial charge in [0, 0.05) is 19.2 Å². The van der Waals surface area contributed by atoms with Gasteiger partial charge in [-0.3, -0.25) is 4.79 Å². The van der Waals surface area contributed by atoms with Crippen molar-refractivity contribution < 1.29 is 9.53 Å². The largest absolute Gasteiger partial charge is 0.497 e. The zero-order valence-corrected chi connectivity index (χ0v) is 15.2. The number of amides is 1. The molecule has 0 atom stereocenters. The fraction of sp³-hybridized carbons (Fsp3) is 0.227. The number of carbonyl (C=O) groups excluding carboxylic acids is 1. The second kappa shape index (κ2) is 6.98. The van der Waals surface area contributed by atoms with Gasteiger partial charge in [0.15, 0.2) is 0 Å². The minimum absolute atomic E-state index is 0.0485. The average Bonchev–Trinajstić information content (AvgIpc) is 2.60. The Kier molecular flexibility index (Phi) is 4.75. The third kappa shape index (κ3) is 3.66. The Labute approximate surface area is 148 Å². The maximum atomic E-state index is 12.7. The summed E-state index contributed by atoms with van der Waals surface area (Å²) in [5.41, 5.74) is 4.06. The summed E-state index contributed by atoms with van der Waals surface area (Å²) < 4.78 is 5.26. The molecule has 25 heavy (non-hydrogen) atoms. The van der Waals surface area contributed by atoms with Gasteiger partial charge in [-0.2, -0.15) is 0 Å². The van der Waals surface area contributed by atoms with Gasteiger partial charge in [0.1, 0.15) is 5.75 Å². The zero-order chi connectivity index (χ0) is 18.0. The van der Waals surface area contributed by atoms with Crippen LogP contribution in [-0.2, 0) is 6.54 Å². The number of hydrogen-bond acceptors (Lipinski definition) is 2. The van der Waals surface area contributed by atoms with Crippen LogP contribution in [0.3, 0.4) is 0 Å². The molecular weight excluding hydrogens is 310 g/mol. The number of rotatable bonds is 4. The molecule has 0 aliphatic heterocycles. The van der Waals surface area contributed by atoms with Crippen LogP contribution in [0.25, 0.3) is 10.8 Å². The van der Waals surface area contributed by atoms with E-state index in [1.807, 2.05) is 57.3 Å². The Morgan fingerprint density at radius 2 is 1.68 bits per heavy atom. The van der Waals surface area contributed by atoms with Gasteiger partial charge in [-0.25, -0.2) is 0 Å². The quantitative estimate of drug-likeness (QED) is 0.690. The molecule has 0 saturated heterocycles. The summed E-state index contributed by atoms with van der Waals surface area (Å²) in [7, 11) is 3.52. The normalized spacial score (nSPS) is 10.7. The lowest BCUT2D eigenvalue weighted by Crippen LogP contribution is -2.26. The second-order valence-corrected chi connectivity index (χ2v) is 6.53. The van der Waals surface area contributed by atoms with Crippen LogP contribution in [0.15, 0.2) is 54.6 Å². The van der Waals surface area contributed by atoms with E-state index in [9.17, 15) is 4.79 Å². The van der Waals surface area contributed by atoms with Crippen LogP contribution in [0.2, 0.25) is 0 Å². The van der Waals surface area contributed by atoms with E-state index in [-0.39, 0.29) is 5.91 Å². The number of carbonyl (C=O) groups is 1. The number of nitrogens with zero attached hydrogens (tertiary/aromatic N) is 1. The summed E-state index contributed by atoms with van der Waals surface area (Å²) in [6.45, 7) is 4.60. The number of methoxy groups -OCH3 is 1. The van der Waals surface area contributed by atoms with Crippen molar-refractivity contribution in [2.45, 2.75) is 20.4 Å². The van der Waals surface area contributed by atoms with Crippen LogP contribution in [0.4, 0.5) is 0 Å². The van der Waals surface area contributed by atoms with E-state index in [1.165, 1.54) is 5.56 Å². The highest BCUT2D eigenvalue weighted by Crippen LogP contribution is 2.23. The van der Waals surface area contributed by atoms with E-state index < -0.39 is 0 Å². The van der Waals surface area contributed by atoms with Crippen LogP contribution >= 0.6 is 0 Å². The van der Waals surface area contributed by atoms with Crippen molar-refractivity contribution in [3.05, 3.63) is 76.9 Å². The SMILES string of the molecule is COc1ccc2cc(CN(C)C(=O)c3ccc(C)cc3C)ccc2c1. The molecule has 0 N–H and O–H groups in total. The summed E-state index contributed by atoms with van der Waals surface area (Å²) >= 11 is 0. The van der Waals surface area contributed by atoms with E-state index in [4.69, 9.17) is 4.74 Å². The van der Waals surface area contributed by atoms with Crippen molar-refractivity contribution in [2.24, 2.45) is 0 Å². The first kappa shape index (κ1) is 17.0. The number of aryl methyl sites for hydroxylation is 2. The van der Waals surface area contributed by atoms with Crippen LogP contribution in [-0.4, -0.2) is 25.0 Å². The van der Waals surface area contributed by atoms with Crippen molar-refractivity contribution in [3.63, 3.8) is 0 Å². The third-order valence-electron chi connectivity index (χ3n) is 4.49. The molecule has 0 bridgehead atoms. The second-order valence-electron chi connectivity index (χ2n) is 6.53. The molecule has 3 rings (SSSR count). The molecular formula is C22H23NO2. The summed E-state index contributed by atoms with van der Waals surface area (Å²) in [5, 5.41) is 2.28. The maximum Gasteiger partial charge on any atom is 0.254 e. The van der Waals surface area contributed by atoms with Gasteiger partial charge in [-0.05, 0) is 60.0 Å². The molecule has 0 saturated carbocycles. The Morgan fingerprint density at radius 1 is 0.960 bits per heavy atom. The molecule has 0 aromatic heterocycles. The number of ether oxygens (including phenoxy) is 1. The fourth-order valence-corrected chi connectivity index (χ4v) is 3.10. The molecule has 3 aromatic rings. The molecule has 3 aromatic carbocycles. The van der Waals surface area contributed by atoms with Crippen molar-refractivity contribution in [2.75, 3.05) is 14.2 Å². The number of hydrogen-bond donors (Lipinski definition) is 0. The topological polar surface area (TPSA) is 29.5 Å². The maximum absolute atomic E-state index is 12.7. The summed E-state index contributed by atoms with van der Waals surface area (Å²) in [6, 6.07) is 18.2. The highest BCUT2D eigenvalue weighted by atomic mass is 16.5. The molecule has 0 aliphatic rings. The lowest BCUT2D eigenvalue weighted by Gasteiger charge is -2.19. The number of fused-ring (bicyclic) bond motifs is 1. The van der Waals surface area contributed by atoms with Gasteiger partial charge in [-0.15, -0.1) is 0 Å². The first-order valence-electron chi connectivity index (χ1n) is 8.37. The predicted octanol–water partition coefficient (Wildman–Crippen LogP) is 4.74. The van der Waals surface area contributed by atoms with Crippen molar-refractivity contribution >= 4 is 16.7 Å². The molecule has 0 spiro atoms. The predicted molar refractivity (Wildman–Crippen MR) is 102 cm³/mol. The van der Waals surface area contributed by atoms with Crippen LogP contribution in [0.5, 0.6) is 5.75 Å². The molecule has 0 heterocycles. The highest BCUT2D eigenvalue weighted by Gasteiger charge is 2.14. The smallest absolute Gasteiger partial charge is 0.254 e. The Hall–Kier alpha value is -2.81. The van der Waals surface area contributed by atoms with Crippen LogP contribution < -0.4 is 4.74 Å². The van der Waals surface area contributed by atoms with E-state index in [0.29, 0.717) is 6.54 Å². The van der Waals surface area contributed by atoms with Gasteiger partial charge < -0.3 is 9.64 Å². The average molecular weight is 333 g/mol. The monoisotopic (exact) mass is 333 g/mol. The van der Waals surface area contributed by atoms with Gasteiger partial charge in [0.2, 0.25) is 0 Å². The minimum atomic E-state index is 0.0485. The number of benzene rings is 3. The van der Waals surface area contributed by atoms with Crippen molar-refractivity contribution in [3.8, 4) is 5.75 Å². The van der Waals surface area contributed by atoms with Gasteiger partial charge in [0.25, 0.3) is 5.91 Å². The molecule has 0 unspecified atom stereocenters. The molecule has 3 nitrogen and oxygen atoms in total. The summed E-state index contributed by atoms with van der Waals surface area (Å²) in [6.07, 6.45) is 0. The van der Waals surface area contributed by atoms with Gasteiger partial charge in [0.05, 0.1) is 7.11 Å². The fourth-order valence-electron chi connectivity index (χ4n) is 3.10. The third-order valence-corrected chi connectivity index (χ3v) is 4.49. The van der Waals surface area contributed by atoms with E-state index in [0.717, 1.165) is 33.2 Å². The van der Waals surface area contributed by atoms with E-state index in [1.54, 1.807) is 12.0 Å². The van der Waals surface area contributed by atoms with Crippen molar-refractivity contribution in [1.82, 2.24) is 4.90 Å². The standard InChI is InChI=1S/C22H23NO2/c1-15-5-10-21(16(2)11-15)22(24)23(3)14-17-6-7-19-13-20(25-4)9-8-18(19)12-17/h5-13H,14H2,1-4H3. The Balaban J connectivity index is 1.81. The molecule has 0 radical (unpaired) electrons. The van der Waals surface area contributed by atoms with Crippen LogP contribution in [0, 0.1) is 13.8 Å². The van der Waals surface area contributed by atoms with E-state index >= 15 is 0 Å². The van der Waals surface area contributed by atoms with Crippen molar-refractivity contribution in [1.29, 1.82) is 0 Å². The Bertz CT molecular complexity index is 930. The summed E-state index contributed by atoms with van der Waals surface area (Å²) in [4.78, 5) is 14.5. The molecule has 1 amide bonds. The zero-order valence-electron chi connectivity index (χ0n) is 15.2. The molecule has 0 aliphatic carbocycles. The lowest BCUT2D eigenvalue weighted by atomic mass is 10.0. The van der Waals surface area contributed by atoms with Crippen LogP contribution in [0.1, 0.15) is 27.0 Å². The highest BCUT2D eigenvalue weighted by molar-refractivity contribution is 5.95.